The Morgan fingerprint density at radius 2 is 1.64 bits per heavy atom. The Bertz CT molecular complexity index is 273. The fraction of sp³-hybridized carbons (Fsp3) is 0. The van der Waals surface area contributed by atoms with Crippen molar-refractivity contribution < 1.29 is 25.8 Å². The monoisotopic (exact) mass is 166 g/mol. The van der Waals surface area contributed by atoms with Gasteiger partial charge in [0.1, 0.15) is 0 Å². The Labute approximate surface area is 58.7 Å². The van der Waals surface area contributed by atoms with Crippen LogP contribution in [0.15, 0.2) is 0 Å². The zero-order valence-electron chi connectivity index (χ0n) is 5.08. The first kappa shape index (κ1) is 7.05. The van der Waals surface area contributed by atoms with Crippen LogP contribution in [0.25, 0.3) is 0 Å². The quantitative estimate of drug-likeness (QED) is 0.265. The van der Waals surface area contributed by atoms with Crippen LogP contribution in [0, 0.1) is 0 Å². The van der Waals surface area contributed by atoms with E-state index in [0.717, 1.165) is 0 Å². The first-order valence-electron chi connectivity index (χ1n) is 2.39. The molecule has 0 aliphatic heterocycles. The van der Waals surface area contributed by atoms with Crippen LogP contribution >= 0.6 is 0 Å². The third-order valence-corrected chi connectivity index (χ3v) is 0.946. The standard InChI is InChI=1S/C2H6N4O5/c7-1-2(8)4(9)6(11)5(10)3-1/h3,7-11H. The molecule has 0 aromatic carbocycles. The highest BCUT2D eigenvalue weighted by Gasteiger charge is 2.09. The van der Waals surface area contributed by atoms with Crippen molar-refractivity contribution >= 4 is 0 Å². The molecular weight excluding hydrogens is 160 g/mol. The van der Waals surface area contributed by atoms with E-state index in [2.05, 4.69) is 0 Å². The Morgan fingerprint density at radius 1 is 1.09 bits per heavy atom. The van der Waals surface area contributed by atoms with Crippen molar-refractivity contribution in [1.82, 2.24) is 19.9 Å². The van der Waals surface area contributed by atoms with Crippen molar-refractivity contribution in [1.29, 1.82) is 0 Å². The molecule has 0 saturated heterocycles. The number of aromatic nitrogens is 4. The maximum absolute atomic E-state index is 8.64. The lowest BCUT2D eigenvalue weighted by Crippen LogP contribution is -2.24. The molecule has 0 fully saturated rings. The number of aromatic hydroxyl groups is 2. The van der Waals surface area contributed by atoms with Crippen LogP contribution in [0.3, 0.4) is 0 Å². The second-order valence-corrected chi connectivity index (χ2v) is 1.63. The van der Waals surface area contributed by atoms with E-state index in [9.17, 15) is 0 Å². The summed E-state index contributed by atoms with van der Waals surface area (Å²) in [5.74, 6) is -1.97. The molecule has 1 rings (SSSR count). The van der Waals surface area contributed by atoms with Crippen molar-refractivity contribution in [3.8, 4) is 11.8 Å². The molecule has 9 nitrogen and oxygen atoms in total. The van der Waals surface area contributed by atoms with E-state index in [0.29, 0.717) is 0 Å². The molecule has 0 aliphatic carbocycles. The number of rotatable bonds is 0. The van der Waals surface area contributed by atoms with E-state index < -0.39 is 11.8 Å². The van der Waals surface area contributed by atoms with Crippen LogP contribution in [0.2, 0.25) is 0 Å². The minimum absolute atomic E-state index is 0.172. The van der Waals surface area contributed by atoms with Gasteiger partial charge in [0.2, 0.25) is 0 Å². The first-order chi connectivity index (χ1) is 5.04. The SMILES string of the molecule is Oc1[nH]n(O)n(O)n(O)c1O. The van der Waals surface area contributed by atoms with Crippen molar-refractivity contribution in [3.05, 3.63) is 0 Å². The number of nitrogens with one attached hydrogen (secondary N) is 1. The molecule has 0 unspecified atom stereocenters. The van der Waals surface area contributed by atoms with E-state index in [1.807, 2.05) is 0 Å². The summed E-state index contributed by atoms with van der Waals surface area (Å²) in [6.45, 7) is 0. The van der Waals surface area contributed by atoms with E-state index >= 15 is 0 Å². The second-order valence-electron chi connectivity index (χ2n) is 1.63. The predicted molar refractivity (Wildman–Crippen MR) is 27.3 cm³/mol. The van der Waals surface area contributed by atoms with Crippen molar-refractivity contribution in [2.24, 2.45) is 0 Å². The molecule has 0 saturated carbocycles. The van der Waals surface area contributed by atoms with Gasteiger partial charge in [-0.2, -0.15) is 0 Å². The average molecular weight is 166 g/mol. The molecule has 0 spiro atoms. The lowest BCUT2D eigenvalue weighted by molar-refractivity contribution is -0.146. The molecule has 0 atom stereocenters. The summed E-state index contributed by atoms with van der Waals surface area (Å²) in [5.41, 5.74) is 0. The van der Waals surface area contributed by atoms with Crippen LogP contribution in [0.1, 0.15) is 0 Å². The van der Waals surface area contributed by atoms with Gasteiger partial charge in [-0.15, -0.1) is 0 Å². The molecule has 9 heteroatoms. The number of nitrogens with zero attached hydrogens (tertiary/aromatic N) is 3. The van der Waals surface area contributed by atoms with Gasteiger partial charge >= 0.3 is 5.88 Å². The molecule has 0 amide bonds. The molecule has 0 aliphatic rings. The lowest BCUT2D eigenvalue weighted by atomic mass is 10.8. The van der Waals surface area contributed by atoms with Gasteiger partial charge in [0.05, 0.1) is 0 Å². The van der Waals surface area contributed by atoms with Crippen LogP contribution in [0.4, 0.5) is 0 Å². The van der Waals surface area contributed by atoms with Gasteiger partial charge < -0.3 is 25.8 Å². The number of H-pyrrole nitrogens is 1. The highest BCUT2D eigenvalue weighted by atomic mass is 16.7. The van der Waals surface area contributed by atoms with E-state index in [4.69, 9.17) is 25.8 Å². The predicted octanol–water partition coefficient (Wildman–Crippen LogP) is -1.33. The number of hydrogen-bond acceptors (Lipinski definition) is 5. The Kier molecular flexibility index (Phi) is 1.26. The molecule has 1 heterocycles. The molecule has 1 aromatic heterocycles. The summed E-state index contributed by atoms with van der Waals surface area (Å²) in [4.78, 5) is -0.768. The van der Waals surface area contributed by atoms with Crippen molar-refractivity contribution in [2.75, 3.05) is 0 Å². The van der Waals surface area contributed by atoms with Gasteiger partial charge in [-0.25, -0.2) is 5.10 Å². The average Bonchev–Trinajstić information content (AvgIpc) is 1.97. The lowest BCUT2D eigenvalue weighted by Gasteiger charge is -2.09. The summed E-state index contributed by atoms with van der Waals surface area (Å²) < 4.78 is 0. The zero-order chi connectivity index (χ0) is 8.59. The van der Waals surface area contributed by atoms with Gasteiger partial charge in [-0.3, -0.25) is 0 Å². The third-order valence-electron chi connectivity index (χ3n) is 0.946. The number of aromatic amines is 1. The molecule has 0 radical (unpaired) electrons. The molecule has 6 N–H and O–H groups in total. The first-order valence-corrected chi connectivity index (χ1v) is 2.39. The molecule has 11 heavy (non-hydrogen) atoms. The summed E-state index contributed by atoms with van der Waals surface area (Å²) in [6.07, 6.45) is 0. The molecule has 64 valence electrons. The Morgan fingerprint density at radius 3 is 2.18 bits per heavy atom. The fourth-order valence-corrected chi connectivity index (χ4v) is 0.449. The van der Waals surface area contributed by atoms with Crippen LogP contribution in [-0.4, -0.2) is 45.7 Å². The van der Waals surface area contributed by atoms with Gasteiger partial charge in [0.15, 0.2) is 0 Å². The minimum atomic E-state index is -1.06. The normalized spacial score (nSPS) is 9.82. The molecular formula is C2H6N4O5. The highest BCUT2D eigenvalue weighted by Crippen LogP contribution is 2.16. The van der Waals surface area contributed by atoms with E-state index in [1.54, 1.807) is 5.10 Å². The Balaban J connectivity index is 3.46. The van der Waals surface area contributed by atoms with Crippen LogP contribution < -0.4 is 0 Å². The molecule has 0 bridgehead atoms. The van der Waals surface area contributed by atoms with Crippen LogP contribution in [-0.2, 0) is 0 Å². The van der Waals surface area contributed by atoms with Gasteiger partial charge in [0, 0.05) is 9.92 Å². The number of hydrogen-bond donors (Lipinski definition) is 6. The summed E-state index contributed by atoms with van der Waals surface area (Å²) >= 11 is 0. The smallest absolute Gasteiger partial charge is 0.312 e. The maximum Gasteiger partial charge on any atom is 0.312 e. The fourth-order valence-electron chi connectivity index (χ4n) is 0.449. The topological polar surface area (TPSA) is 132 Å². The van der Waals surface area contributed by atoms with Gasteiger partial charge in [0.25, 0.3) is 5.88 Å². The highest BCUT2D eigenvalue weighted by molar-refractivity contribution is 5.17. The van der Waals surface area contributed by atoms with Crippen molar-refractivity contribution in [2.45, 2.75) is 0 Å². The maximum atomic E-state index is 8.64. The Hall–Kier alpha value is -2.06. The molecule has 1 aromatic rings. The minimum Gasteiger partial charge on any atom is -0.490 e. The second kappa shape index (κ2) is 1.97. The largest absolute Gasteiger partial charge is 0.490 e. The van der Waals surface area contributed by atoms with E-state index in [-0.39, 0.29) is 14.8 Å². The van der Waals surface area contributed by atoms with Gasteiger partial charge in [-0.1, -0.05) is 0 Å². The summed E-state index contributed by atoms with van der Waals surface area (Å²) in [6, 6.07) is 0. The van der Waals surface area contributed by atoms with E-state index in [1.165, 1.54) is 0 Å². The van der Waals surface area contributed by atoms with Gasteiger partial charge in [-0.05, 0) is 4.85 Å². The summed E-state index contributed by atoms with van der Waals surface area (Å²) in [5, 5.41) is 44.6. The third kappa shape index (κ3) is 0.870. The summed E-state index contributed by atoms with van der Waals surface area (Å²) in [7, 11) is 0. The van der Waals surface area contributed by atoms with Crippen molar-refractivity contribution in [3.63, 3.8) is 0 Å². The van der Waals surface area contributed by atoms with Crippen LogP contribution in [0.5, 0.6) is 11.8 Å². The zero-order valence-corrected chi connectivity index (χ0v) is 5.08.